The third-order valence-corrected chi connectivity index (χ3v) is 4.25. The van der Waals surface area contributed by atoms with E-state index in [1.165, 1.54) is 51.7 Å². The van der Waals surface area contributed by atoms with Gasteiger partial charge in [-0.3, -0.25) is 4.90 Å². The molecule has 2 unspecified atom stereocenters. The fourth-order valence-electron chi connectivity index (χ4n) is 2.84. The molecule has 2 heteroatoms. The Kier molecular flexibility index (Phi) is 4.04. The van der Waals surface area contributed by atoms with Crippen LogP contribution in [0.2, 0.25) is 0 Å². The lowest BCUT2D eigenvalue weighted by atomic mass is 9.83. The van der Waals surface area contributed by atoms with Crippen LogP contribution < -0.4 is 5.32 Å². The first-order valence-corrected chi connectivity index (χ1v) is 6.77. The number of nitrogens with one attached hydrogen (secondary N) is 1. The van der Waals surface area contributed by atoms with Crippen molar-refractivity contribution in [3.8, 4) is 0 Å². The lowest BCUT2D eigenvalue weighted by Crippen LogP contribution is -2.55. The highest BCUT2D eigenvalue weighted by atomic mass is 15.2. The molecule has 0 spiro atoms. The zero-order chi connectivity index (χ0) is 10.7. The van der Waals surface area contributed by atoms with E-state index >= 15 is 0 Å². The third-order valence-electron chi connectivity index (χ3n) is 4.25. The van der Waals surface area contributed by atoms with E-state index in [4.69, 9.17) is 0 Å². The van der Waals surface area contributed by atoms with Crippen molar-refractivity contribution >= 4 is 0 Å². The van der Waals surface area contributed by atoms with Crippen molar-refractivity contribution in [1.82, 2.24) is 10.2 Å². The molecule has 0 aromatic rings. The number of piperazine rings is 1. The molecule has 1 aliphatic heterocycles. The summed E-state index contributed by atoms with van der Waals surface area (Å²) in [6, 6.07) is 1.48. The van der Waals surface area contributed by atoms with Crippen molar-refractivity contribution in [2.24, 2.45) is 5.92 Å². The van der Waals surface area contributed by atoms with Gasteiger partial charge in [-0.2, -0.15) is 0 Å². The number of nitrogens with zero attached hydrogens (tertiary/aromatic N) is 1. The fourth-order valence-corrected chi connectivity index (χ4v) is 2.84. The standard InChI is InChI=1S/C13H26N2/c1-3-13-9-14-11(2)10-15(13)8-7-12-5-4-6-12/h11-14H,3-10H2,1-2H3. The normalized spacial score (nSPS) is 34.0. The molecular weight excluding hydrogens is 184 g/mol. The van der Waals surface area contributed by atoms with Crippen LogP contribution in [0.5, 0.6) is 0 Å². The van der Waals surface area contributed by atoms with E-state index in [1.807, 2.05) is 0 Å². The predicted octanol–water partition coefficient (Wildman–Crippen LogP) is 2.25. The average Bonchev–Trinajstić information content (AvgIpc) is 2.16. The Bertz CT molecular complexity index is 189. The van der Waals surface area contributed by atoms with Gasteiger partial charge in [-0.15, -0.1) is 0 Å². The van der Waals surface area contributed by atoms with E-state index in [-0.39, 0.29) is 0 Å². The Hall–Kier alpha value is -0.0800. The summed E-state index contributed by atoms with van der Waals surface area (Å²) in [5, 5.41) is 3.59. The van der Waals surface area contributed by atoms with Crippen molar-refractivity contribution in [3.05, 3.63) is 0 Å². The number of hydrogen-bond donors (Lipinski definition) is 1. The largest absolute Gasteiger partial charge is 0.311 e. The molecule has 88 valence electrons. The van der Waals surface area contributed by atoms with Gasteiger partial charge in [-0.25, -0.2) is 0 Å². The van der Waals surface area contributed by atoms with Crippen LogP contribution >= 0.6 is 0 Å². The summed E-state index contributed by atoms with van der Waals surface area (Å²) in [6.07, 6.45) is 7.23. The van der Waals surface area contributed by atoms with E-state index in [2.05, 4.69) is 24.1 Å². The Morgan fingerprint density at radius 1 is 1.33 bits per heavy atom. The second-order valence-electron chi connectivity index (χ2n) is 5.45. The predicted molar refractivity (Wildman–Crippen MR) is 65.1 cm³/mol. The molecule has 2 rings (SSSR count). The molecule has 2 fully saturated rings. The highest BCUT2D eigenvalue weighted by Gasteiger charge is 2.25. The highest BCUT2D eigenvalue weighted by Crippen LogP contribution is 2.29. The molecule has 1 heterocycles. The maximum Gasteiger partial charge on any atom is 0.0218 e. The molecule has 2 aliphatic rings. The maximum absolute atomic E-state index is 3.59. The Morgan fingerprint density at radius 3 is 2.73 bits per heavy atom. The minimum atomic E-state index is 0.689. The first kappa shape index (κ1) is 11.4. The SMILES string of the molecule is CCC1CNC(C)CN1CCC1CCC1. The number of hydrogen-bond acceptors (Lipinski definition) is 2. The van der Waals surface area contributed by atoms with Crippen LogP contribution in [-0.2, 0) is 0 Å². The minimum absolute atomic E-state index is 0.689. The van der Waals surface area contributed by atoms with Crippen LogP contribution in [-0.4, -0.2) is 36.6 Å². The van der Waals surface area contributed by atoms with Crippen molar-refractivity contribution in [1.29, 1.82) is 0 Å². The molecule has 2 nitrogen and oxygen atoms in total. The molecule has 0 aromatic heterocycles. The monoisotopic (exact) mass is 210 g/mol. The lowest BCUT2D eigenvalue weighted by Gasteiger charge is -2.40. The molecule has 0 amide bonds. The van der Waals surface area contributed by atoms with Crippen LogP contribution in [0.25, 0.3) is 0 Å². The number of rotatable bonds is 4. The summed E-state index contributed by atoms with van der Waals surface area (Å²) in [5.41, 5.74) is 0. The zero-order valence-corrected chi connectivity index (χ0v) is 10.3. The molecule has 15 heavy (non-hydrogen) atoms. The lowest BCUT2D eigenvalue weighted by molar-refractivity contribution is 0.115. The van der Waals surface area contributed by atoms with Gasteiger partial charge in [0.2, 0.25) is 0 Å². The van der Waals surface area contributed by atoms with Crippen molar-refractivity contribution in [3.63, 3.8) is 0 Å². The van der Waals surface area contributed by atoms with Crippen molar-refractivity contribution < 1.29 is 0 Å². The highest BCUT2D eigenvalue weighted by molar-refractivity contribution is 4.84. The van der Waals surface area contributed by atoms with Gasteiger partial charge in [0.15, 0.2) is 0 Å². The molecule has 1 aliphatic carbocycles. The van der Waals surface area contributed by atoms with E-state index in [1.54, 1.807) is 0 Å². The molecule has 0 aromatic carbocycles. The van der Waals surface area contributed by atoms with Crippen LogP contribution in [0.3, 0.4) is 0 Å². The molecule has 0 bridgehead atoms. The summed E-state index contributed by atoms with van der Waals surface area (Å²) in [5.74, 6) is 1.06. The quantitative estimate of drug-likeness (QED) is 0.765. The Morgan fingerprint density at radius 2 is 2.13 bits per heavy atom. The summed E-state index contributed by atoms with van der Waals surface area (Å²) in [7, 11) is 0. The maximum atomic E-state index is 3.59. The summed E-state index contributed by atoms with van der Waals surface area (Å²) < 4.78 is 0. The van der Waals surface area contributed by atoms with E-state index in [0.29, 0.717) is 6.04 Å². The Labute approximate surface area is 94.4 Å². The van der Waals surface area contributed by atoms with Crippen LogP contribution in [0.15, 0.2) is 0 Å². The molecular formula is C13H26N2. The average molecular weight is 210 g/mol. The van der Waals surface area contributed by atoms with Gasteiger partial charge in [0, 0.05) is 25.2 Å². The molecule has 1 saturated heterocycles. The summed E-state index contributed by atoms with van der Waals surface area (Å²) in [4.78, 5) is 2.72. The van der Waals surface area contributed by atoms with Gasteiger partial charge in [-0.05, 0) is 32.2 Å². The first-order valence-electron chi connectivity index (χ1n) is 6.77. The van der Waals surface area contributed by atoms with Gasteiger partial charge in [0.1, 0.15) is 0 Å². The van der Waals surface area contributed by atoms with Gasteiger partial charge in [-0.1, -0.05) is 26.2 Å². The molecule has 0 radical (unpaired) electrons. The Balaban J connectivity index is 1.75. The van der Waals surface area contributed by atoms with Gasteiger partial charge in [0.05, 0.1) is 0 Å². The van der Waals surface area contributed by atoms with Crippen LogP contribution in [0.1, 0.15) is 46.0 Å². The minimum Gasteiger partial charge on any atom is -0.311 e. The van der Waals surface area contributed by atoms with E-state index in [9.17, 15) is 0 Å². The topological polar surface area (TPSA) is 15.3 Å². The van der Waals surface area contributed by atoms with Crippen molar-refractivity contribution in [2.75, 3.05) is 19.6 Å². The van der Waals surface area contributed by atoms with E-state index in [0.717, 1.165) is 12.0 Å². The molecule has 1 N–H and O–H groups in total. The first-order chi connectivity index (χ1) is 7.29. The molecule has 2 atom stereocenters. The second-order valence-corrected chi connectivity index (χ2v) is 5.45. The second kappa shape index (κ2) is 5.31. The zero-order valence-electron chi connectivity index (χ0n) is 10.3. The molecule has 1 saturated carbocycles. The summed E-state index contributed by atoms with van der Waals surface area (Å²) in [6.45, 7) is 8.42. The van der Waals surface area contributed by atoms with Gasteiger partial charge in [0.25, 0.3) is 0 Å². The van der Waals surface area contributed by atoms with Gasteiger partial charge < -0.3 is 5.32 Å². The van der Waals surface area contributed by atoms with Crippen LogP contribution in [0.4, 0.5) is 0 Å². The fraction of sp³-hybridized carbons (Fsp3) is 1.00. The van der Waals surface area contributed by atoms with Gasteiger partial charge >= 0.3 is 0 Å². The smallest absolute Gasteiger partial charge is 0.0218 e. The van der Waals surface area contributed by atoms with Crippen LogP contribution in [0, 0.1) is 5.92 Å². The van der Waals surface area contributed by atoms with E-state index < -0.39 is 0 Å². The third kappa shape index (κ3) is 2.94. The van der Waals surface area contributed by atoms with Crippen molar-refractivity contribution in [2.45, 2.75) is 58.0 Å². The summed E-state index contributed by atoms with van der Waals surface area (Å²) >= 11 is 0.